The summed E-state index contributed by atoms with van der Waals surface area (Å²) in [6.07, 6.45) is 3.40. The number of hydrogen-bond donors (Lipinski definition) is 4. The molecule has 1 aliphatic rings. The van der Waals surface area contributed by atoms with Gasteiger partial charge in [0.25, 0.3) is 0 Å². The number of amidine groups is 1. The van der Waals surface area contributed by atoms with E-state index < -0.39 is 0 Å². The average Bonchev–Trinajstić information content (AvgIpc) is 3.35. The number of hydrogen-bond acceptors (Lipinski definition) is 5. The second-order valence-corrected chi connectivity index (χ2v) is 8.64. The van der Waals surface area contributed by atoms with Gasteiger partial charge in [-0.05, 0) is 88.4 Å². The molecule has 6 nitrogen and oxygen atoms in total. The molecular formula is C27H33N5O. The number of aromatic hydroxyl groups is 1. The van der Waals surface area contributed by atoms with Gasteiger partial charge in [-0.25, -0.2) is 0 Å². The zero-order valence-corrected chi connectivity index (χ0v) is 19.9. The quantitative estimate of drug-likeness (QED) is 0.319. The van der Waals surface area contributed by atoms with E-state index >= 15 is 0 Å². The summed E-state index contributed by atoms with van der Waals surface area (Å²) in [6, 6.07) is 12.5. The van der Waals surface area contributed by atoms with Crippen molar-refractivity contribution in [2.24, 2.45) is 5.73 Å². The summed E-state index contributed by atoms with van der Waals surface area (Å²) >= 11 is 0. The molecule has 2 aromatic carbocycles. The van der Waals surface area contributed by atoms with Gasteiger partial charge in [-0.15, -0.1) is 0 Å². The van der Waals surface area contributed by atoms with Crippen molar-refractivity contribution in [1.82, 2.24) is 4.90 Å². The molecule has 172 valence electrons. The molecule has 0 spiro atoms. The van der Waals surface area contributed by atoms with Crippen LogP contribution in [0.25, 0.3) is 0 Å². The fraction of sp³-hybridized carbons (Fsp3) is 0.370. The van der Waals surface area contributed by atoms with Crippen molar-refractivity contribution in [3.8, 4) is 23.7 Å². The summed E-state index contributed by atoms with van der Waals surface area (Å²) < 4.78 is 0. The van der Waals surface area contributed by atoms with Gasteiger partial charge >= 0.3 is 0 Å². The Hall–Kier alpha value is -3.61. The Morgan fingerprint density at radius 2 is 1.79 bits per heavy atom. The highest BCUT2D eigenvalue weighted by atomic mass is 16.3. The van der Waals surface area contributed by atoms with Gasteiger partial charge in [-0.3, -0.25) is 15.7 Å². The number of aryl methyl sites for hydroxylation is 2. The average molecular weight is 444 g/mol. The number of phenolic OH excluding ortho intramolecular Hbond substituents is 1. The van der Waals surface area contributed by atoms with Crippen molar-refractivity contribution < 1.29 is 5.11 Å². The molecule has 0 radical (unpaired) electrons. The molecule has 33 heavy (non-hydrogen) atoms. The lowest BCUT2D eigenvalue weighted by Crippen LogP contribution is -2.40. The number of likely N-dealkylation sites (tertiary alicyclic amines) is 1. The molecule has 5 N–H and O–H groups in total. The zero-order chi connectivity index (χ0) is 24.6. The summed E-state index contributed by atoms with van der Waals surface area (Å²) in [7, 11) is 0. The van der Waals surface area contributed by atoms with Crippen LogP contribution in [-0.4, -0.2) is 40.2 Å². The topological polar surface area (TPSA) is 121 Å². The molecule has 0 aromatic heterocycles. The predicted octanol–water partition coefficient (Wildman–Crippen LogP) is 4.35. The highest BCUT2D eigenvalue weighted by Crippen LogP contribution is 2.20. The van der Waals surface area contributed by atoms with Crippen LogP contribution in [0.3, 0.4) is 0 Å². The molecule has 3 rings (SSSR count). The highest BCUT2D eigenvalue weighted by Gasteiger charge is 2.27. The molecule has 1 saturated heterocycles. The molecule has 0 bridgehead atoms. The van der Waals surface area contributed by atoms with E-state index in [1.807, 2.05) is 25.1 Å². The number of nitrogens with two attached hydrogens (primary N) is 1. The second kappa shape index (κ2) is 11.3. The van der Waals surface area contributed by atoms with Crippen molar-refractivity contribution in [2.45, 2.75) is 52.5 Å². The molecule has 1 fully saturated rings. The van der Waals surface area contributed by atoms with Gasteiger partial charge < -0.3 is 10.8 Å². The summed E-state index contributed by atoms with van der Waals surface area (Å²) in [5.74, 6) is 6.30. The predicted molar refractivity (Wildman–Crippen MR) is 134 cm³/mol. The van der Waals surface area contributed by atoms with E-state index in [0.717, 1.165) is 25.1 Å². The Kier molecular flexibility index (Phi) is 8.79. The third-order valence-corrected chi connectivity index (χ3v) is 5.77. The highest BCUT2D eigenvalue weighted by molar-refractivity contribution is 6.17. The number of rotatable bonds is 4. The van der Waals surface area contributed by atoms with E-state index in [4.69, 9.17) is 26.9 Å². The van der Waals surface area contributed by atoms with E-state index in [1.54, 1.807) is 18.2 Å². The maximum Gasteiger partial charge on any atom is 0.123 e. The lowest BCUT2D eigenvalue weighted by Gasteiger charge is -2.30. The summed E-state index contributed by atoms with van der Waals surface area (Å²) in [5, 5.41) is 34.0. The van der Waals surface area contributed by atoms with Crippen LogP contribution in [0.15, 0.2) is 36.4 Å². The molecule has 1 aliphatic heterocycles. The van der Waals surface area contributed by atoms with Gasteiger partial charge in [0, 0.05) is 11.1 Å². The van der Waals surface area contributed by atoms with Gasteiger partial charge in [0.1, 0.15) is 17.3 Å². The smallest absolute Gasteiger partial charge is 0.123 e. The van der Waals surface area contributed by atoms with Gasteiger partial charge in [-0.1, -0.05) is 31.0 Å². The Morgan fingerprint density at radius 1 is 1.12 bits per heavy atom. The second-order valence-electron chi connectivity index (χ2n) is 8.64. The fourth-order valence-electron chi connectivity index (χ4n) is 3.63. The van der Waals surface area contributed by atoms with Gasteiger partial charge in [0.2, 0.25) is 0 Å². The largest absolute Gasteiger partial charge is 0.508 e. The molecule has 1 heterocycles. The third-order valence-electron chi connectivity index (χ3n) is 5.77. The van der Waals surface area contributed by atoms with Crippen LogP contribution in [0.4, 0.5) is 0 Å². The summed E-state index contributed by atoms with van der Waals surface area (Å²) in [5.41, 5.74) is 8.92. The Bertz CT molecular complexity index is 1130. The van der Waals surface area contributed by atoms with Crippen LogP contribution in [0.5, 0.6) is 5.75 Å². The van der Waals surface area contributed by atoms with Crippen LogP contribution in [-0.2, 0) is 6.42 Å². The number of benzene rings is 2. The van der Waals surface area contributed by atoms with Crippen molar-refractivity contribution in [3.63, 3.8) is 0 Å². The summed E-state index contributed by atoms with van der Waals surface area (Å²) in [6.45, 7) is 10.2. The molecule has 0 unspecified atom stereocenters. The minimum atomic E-state index is -0.286. The summed E-state index contributed by atoms with van der Waals surface area (Å²) in [4.78, 5) is 2.32. The fourth-order valence-corrected chi connectivity index (χ4v) is 3.63. The van der Waals surface area contributed by atoms with Crippen LogP contribution in [0.1, 0.15) is 61.4 Å². The van der Waals surface area contributed by atoms with Crippen molar-refractivity contribution in [1.29, 1.82) is 16.1 Å². The van der Waals surface area contributed by atoms with E-state index in [-0.39, 0.29) is 17.1 Å². The van der Waals surface area contributed by atoms with E-state index in [2.05, 4.69) is 37.5 Å². The maximum atomic E-state index is 9.14. The first-order valence-electron chi connectivity index (χ1n) is 11.1. The van der Waals surface area contributed by atoms with Crippen LogP contribution in [0.2, 0.25) is 0 Å². The minimum Gasteiger partial charge on any atom is -0.508 e. The first-order valence-corrected chi connectivity index (χ1v) is 11.1. The Morgan fingerprint density at radius 3 is 2.33 bits per heavy atom. The molecule has 0 saturated carbocycles. The number of nitrogen functional groups attached to an aromatic ring is 1. The van der Waals surface area contributed by atoms with E-state index in [9.17, 15) is 0 Å². The number of nitrogens with zero attached hydrogens (tertiary/aromatic N) is 2. The molecular weight excluding hydrogens is 410 g/mol. The normalized spacial score (nSPS) is 13.2. The maximum absolute atomic E-state index is 9.14. The monoisotopic (exact) mass is 443 g/mol. The molecule has 0 aliphatic carbocycles. The number of nitrogens with one attached hydrogen (secondary N) is 2. The Labute approximate surface area is 197 Å². The van der Waals surface area contributed by atoms with Crippen LogP contribution in [0, 0.1) is 40.9 Å². The first-order chi connectivity index (χ1) is 15.6. The zero-order valence-electron chi connectivity index (χ0n) is 19.9. The van der Waals surface area contributed by atoms with Crippen LogP contribution >= 0.6 is 0 Å². The minimum absolute atomic E-state index is 0.118. The van der Waals surface area contributed by atoms with Crippen molar-refractivity contribution >= 4 is 11.5 Å². The molecule has 0 amide bonds. The Balaban J connectivity index is 0.000000321. The lowest BCUT2D eigenvalue weighted by atomic mass is 9.98. The molecule has 6 heteroatoms. The lowest BCUT2D eigenvalue weighted by molar-refractivity contribution is 0.214. The molecule has 2 aromatic rings. The van der Waals surface area contributed by atoms with Crippen molar-refractivity contribution in [2.75, 3.05) is 13.1 Å². The van der Waals surface area contributed by atoms with Crippen molar-refractivity contribution in [3.05, 3.63) is 64.2 Å². The standard InChI is InChI=1S/C18H21N5.C9H12O/c1-18(2,23-9-3-4-10-23)8-7-16(20)14-6-5-13(12-19)11-15(14)17(21)22;1-3-8-4-5-9(10)7(2)6-8/h5-6,11,20H,3-4,9-10H2,1-2H3,(H3,21,22);4-6,10H,3H2,1-2H3. The van der Waals surface area contributed by atoms with Gasteiger partial charge in [0.15, 0.2) is 0 Å². The number of nitriles is 1. The van der Waals surface area contributed by atoms with Crippen LogP contribution < -0.4 is 5.73 Å². The SMILES string of the molecule is CC(C)(C#CC(=N)c1ccc(C#N)cc1C(=N)N)N1CCCC1.CCc1ccc(O)c(C)c1. The van der Waals surface area contributed by atoms with Gasteiger partial charge in [0.05, 0.1) is 17.2 Å². The number of phenols is 1. The third kappa shape index (κ3) is 6.94. The van der Waals surface area contributed by atoms with E-state index in [1.165, 1.54) is 24.5 Å². The molecule has 0 atom stereocenters. The van der Waals surface area contributed by atoms with E-state index in [0.29, 0.717) is 22.4 Å². The van der Waals surface area contributed by atoms with Gasteiger partial charge in [-0.2, -0.15) is 5.26 Å². The first kappa shape index (κ1) is 25.6.